The summed E-state index contributed by atoms with van der Waals surface area (Å²) < 4.78 is 0. The quantitative estimate of drug-likeness (QED) is 0.261. The Morgan fingerprint density at radius 3 is 2.56 bits per heavy atom. The number of guanidine groups is 2. The van der Waals surface area contributed by atoms with Gasteiger partial charge in [-0.05, 0) is 19.3 Å². The van der Waals surface area contributed by atoms with E-state index in [1.165, 1.54) is 0 Å². The first kappa shape index (κ1) is 12.3. The van der Waals surface area contributed by atoms with Gasteiger partial charge in [0.2, 0.25) is 11.9 Å². The van der Waals surface area contributed by atoms with Crippen LogP contribution in [0.5, 0.6) is 0 Å². The molecule has 1 aliphatic rings. The van der Waals surface area contributed by atoms with Crippen LogP contribution in [0.4, 0.5) is 0 Å². The van der Waals surface area contributed by atoms with Gasteiger partial charge in [-0.1, -0.05) is 0 Å². The maximum atomic E-state index is 11.3. The fraction of sp³-hybridized carbons (Fsp3) is 0.667. The molecule has 0 aromatic carbocycles. The Labute approximate surface area is 94.2 Å². The summed E-state index contributed by atoms with van der Waals surface area (Å²) in [6, 6.07) is 0.405. The number of rotatable bonds is 5. The highest BCUT2D eigenvalue weighted by atomic mass is 16.1. The van der Waals surface area contributed by atoms with E-state index in [9.17, 15) is 4.79 Å². The summed E-state index contributed by atoms with van der Waals surface area (Å²) in [6.07, 6.45) is 3.29. The number of nitrogens with zero attached hydrogens (tertiary/aromatic N) is 2. The number of carbonyl (C=O) groups is 1. The van der Waals surface area contributed by atoms with E-state index in [1.807, 2.05) is 0 Å². The zero-order valence-electron chi connectivity index (χ0n) is 9.15. The Morgan fingerprint density at radius 2 is 2.00 bits per heavy atom. The molecule has 1 rings (SSSR count). The van der Waals surface area contributed by atoms with Crippen LogP contribution in [0, 0.1) is 0 Å². The number of hydrogen-bond acceptors (Lipinski definition) is 2. The van der Waals surface area contributed by atoms with Gasteiger partial charge >= 0.3 is 0 Å². The van der Waals surface area contributed by atoms with Gasteiger partial charge in [0.15, 0.2) is 5.96 Å². The van der Waals surface area contributed by atoms with Crippen molar-refractivity contribution in [3.05, 3.63) is 0 Å². The van der Waals surface area contributed by atoms with Crippen LogP contribution in [0.25, 0.3) is 0 Å². The number of hydrogen-bond donors (Lipinski definition) is 4. The first-order valence-corrected chi connectivity index (χ1v) is 5.27. The van der Waals surface area contributed by atoms with Crippen LogP contribution in [0.15, 0.2) is 9.98 Å². The van der Waals surface area contributed by atoms with E-state index in [2.05, 4.69) is 15.3 Å². The topological polar surface area (TPSA) is 132 Å². The van der Waals surface area contributed by atoms with Gasteiger partial charge in [0.1, 0.15) is 0 Å². The lowest BCUT2D eigenvalue weighted by molar-refractivity contribution is -0.121. The zero-order valence-corrected chi connectivity index (χ0v) is 9.15. The lowest BCUT2D eigenvalue weighted by Crippen LogP contribution is -2.26. The average molecular weight is 226 g/mol. The molecular formula is C9H18N6O. The van der Waals surface area contributed by atoms with Crippen LogP contribution in [-0.4, -0.2) is 30.4 Å². The Balaban J connectivity index is 2.10. The highest BCUT2D eigenvalue weighted by Gasteiger charge is 2.22. The van der Waals surface area contributed by atoms with Gasteiger partial charge in [-0.15, -0.1) is 0 Å². The van der Waals surface area contributed by atoms with Crippen molar-refractivity contribution in [1.82, 2.24) is 5.32 Å². The molecule has 0 heterocycles. The lowest BCUT2D eigenvalue weighted by atomic mass is 10.3. The standard InChI is InChI=1S/C9H18N6O/c10-8(11)15-9(12)13-5-1-2-7(16)14-6-3-4-6/h6H,1-5H2,(H,14,16)(H6,10,11,12,13,15). The van der Waals surface area contributed by atoms with Crippen molar-refractivity contribution in [2.45, 2.75) is 31.7 Å². The van der Waals surface area contributed by atoms with E-state index in [1.54, 1.807) is 0 Å². The Hall–Kier alpha value is -1.79. The summed E-state index contributed by atoms with van der Waals surface area (Å²) in [6.45, 7) is 0.445. The molecule has 90 valence electrons. The molecule has 0 radical (unpaired) electrons. The molecule has 0 aromatic rings. The Kier molecular flexibility index (Phi) is 4.56. The molecule has 0 aromatic heterocycles. The normalized spacial score (nSPS) is 15.6. The van der Waals surface area contributed by atoms with Crippen molar-refractivity contribution < 1.29 is 4.79 Å². The number of carbonyl (C=O) groups excluding carboxylic acids is 1. The average Bonchev–Trinajstić information content (AvgIpc) is 2.95. The number of aliphatic imine (C=N–C) groups is 2. The fourth-order valence-corrected chi connectivity index (χ4v) is 1.13. The van der Waals surface area contributed by atoms with Crippen LogP contribution in [0.2, 0.25) is 0 Å². The van der Waals surface area contributed by atoms with Crippen molar-refractivity contribution in [2.75, 3.05) is 6.54 Å². The molecule has 1 aliphatic carbocycles. The molecule has 16 heavy (non-hydrogen) atoms. The van der Waals surface area contributed by atoms with Gasteiger partial charge in [-0.3, -0.25) is 9.79 Å². The predicted molar refractivity (Wildman–Crippen MR) is 62.7 cm³/mol. The summed E-state index contributed by atoms with van der Waals surface area (Å²) in [4.78, 5) is 18.7. The maximum absolute atomic E-state index is 11.3. The summed E-state index contributed by atoms with van der Waals surface area (Å²) in [7, 11) is 0. The molecule has 0 saturated heterocycles. The minimum atomic E-state index is -0.118. The molecule has 1 amide bonds. The van der Waals surface area contributed by atoms with E-state index in [-0.39, 0.29) is 17.8 Å². The SMILES string of the molecule is NC(N)=NC(N)=NCCCC(=O)NC1CC1. The van der Waals surface area contributed by atoms with Crippen molar-refractivity contribution in [3.8, 4) is 0 Å². The first-order valence-electron chi connectivity index (χ1n) is 5.27. The Morgan fingerprint density at radius 1 is 1.31 bits per heavy atom. The van der Waals surface area contributed by atoms with Gasteiger partial charge in [0.25, 0.3) is 0 Å². The minimum absolute atomic E-state index is 0.0441. The molecule has 1 saturated carbocycles. The molecule has 7 nitrogen and oxygen atoms in total. The van der Waals surface area contributed by atoms with Gasteiger partial charge in [-0.2, -0.15) is 4.99 Å². The third-order valence-electron chi connectivity index (χ3n) is 2.02. The summed E-state index contributed by atoms with van der Waals surface area (Å²) in [5, 5.41) is 2.89. The van der Waals surface area contributed by atoms with Crippen molar-refractivity contribution >= 4 is 17.8 Å². The highest BCUT2D eigenvalue weighted by molar-refractivity contribution is 5.92. The molecule has 7 N–H and O–H groups in total. The minimum Gasteiger partial charge on any atom is -0.370 e. The van der Waals surface area contributed by atoms with Gasteiger partial charge in [0.05, 0.1) is 0 Å². The molecule has 0 unspecified atom stereocenters. The molecule has 0 aliphatic heterocycles. The largest absolute Gasteiger partial charge is 0.370 e. The molecule has 0 bridgehead atoms. The summed E-state index contributed by atoms with van der Waals surface area (Å²) in [5.74, 6) is -0.00608. The van der Waals surface area contributed by atoms with Gasteiger partial charge < -0.3 is 22.5 Å². The molecule has 7 heteroatoms. The number of nitrogens with one attached hydrogen (secondary N) is 1. The van der Waals surface area contributed by atoms with Gasteiger partial charge in [0, 0.05) is 19.0 Å². The summed E-state index contributed by atoms with van der Waals surface area (Å²) >= 11 is 0. The van der Waals surface area contributed by atoms with Crippen LogP contribution in [0.3, 0.4) is 0 Å². The third-order valence-corrected chi connectivity index (χ3v) is 2.02. The van der Waals surface area contributed by atoms with Crippen LogP contribution >= 0.6 is 0 Å². The van der Waals surface area contributed by atoms with Crippen LogP contribution < -0.4 is 22.5 Å². The van der Waals surface area contributed by atoms with E-state index < -0.39 is 0 Å². The van der Waals surface area contributed by atoms with E-state index >= 15 is 0 Å². The maximum Gasteiger partial charge on any atom is 0.220 e. The van der Waals surface area contributed by atoms with Crippen molar-refractivity contribution in [2.24, 2.45) is 27.2 Å². The van der Waals surface area contributed by atoms with E-state index in [4.69, 9.17) is 17.2 Å². The van der Waals surface area contributed by atoms with Crippen molar-refractivity contribution in [1.29, 1.82) is 0 Å². The lowest BCUT2D eigenvalue weighted by Gasteiger charge is -2.01. The van der Waals surface area contributed by atoms with Crippen molar-refractivity contribution in [3.63, 3.8) is 0 Å². The molecule has 1 fully saturated rings. The Bertz CT molecular complexity index is 303. The number of nitrogens with two attached hydrogens (primary N) is 3. The highest BCUT2D eigenvalue weighted by Crippen LogP contribution is 2.18. The number of amides is 1. The van der Waals surface area contributed by atoms with E-state index in [0.717, 1.165) is 12.8 Å². The predicted octanol–water partition coefficient (Wildman–Crippen LogP) is -1.37. The molecular weight excluding hydrogens is 208 g/mol. The first-order chi connectivity index (χ1) is 7.58. The monoisotopic (exact) mass is 226 g/mol. The van der Waals surface area contributed by atoms with E-state index in [0.29, 0.717) is 25.4 Å². The molecule has 0 spiro atoms. The molecule has 0 atom stereocenters. The smallest absolute Gasteiger partial charge is 0.220 e. The van der Waals surface area contributed by atoms with Gasteiger partial charge in [-0.25, -0.2) is 0 Å². The second-order valence-electron chi connectivity index (χ2n) is 3.72. The second-order valence-corrected chi connectivity index (χ2v) is 3.72. The zero-order chi connectivity index (χ0) is 12.0. The van der Waals surface area contributed by atoms with Crippen LogP contribution in [0.1, 0.15) is 25.7 Å². The summed E-state index contributed by atoms with van der Waals surface area (Å²) in [5.41, 5.74) is 15.6. The second kappa shape index (κ2) is 5.94. The fourth-order valence-electron chi connectivity index (χ4n) is 1.13. The van der Waals surface area contributed by atoms with Crippen LogP contribution in [-0.2, 0) is 4.79 Å². The third kappa shape index (κ3) is 5.84.